The van der Waals surface area contributed by atoms with Crippen LogP contribution >= 0.6 is 23.4 Å². The molecular formula is C18H18ClNO3S. The molecule has 1 aliphatic heterocycles. The molecule has 1 heterocycles. The summed E-state index contributed by atoms with van der Waals surface area (Å²) in [5, 5.41) is 3.61. The summed E-state index contributed by atoms with van der Waals surface area (Å²) in [5.41, 5.74) is 0.715. The zero-order valence-corrected chi connectivity index (χ0v) is 14.7. The molecule has 6 heteroatoms. The van der Waals surface area contributed by atoms with Crippen molar-refractivity contribution in [3.05, 3.63) is 47.5 Å². The van der Waals surface area contributed by atoms with Gasteiger partial charge in [-0.25, -0.2) is 0 Å². The van der Waals surface area contributed by atoms with Crippen LogP contribution in [0.3, 0.4) is 0 Å². The van der Waals surface area contributed by atoms with Gasteiger partial charge in [-0.3, -0.25) is 4.79 Å². The fourth-order valence-corrected chi connectivity index (χ4v) is 3.47. The van der Waals surface area contributed by atoms with Crippen molar-refractivity contribution in [3.63, 3.8) is 0 Å². The quantitative estimate of drug-likeness (QED) is 0.787. The number of hydrogen-bond donors (Lipinski definition) is 1. The van der Waals surface area contributed by atoms with Crippen molar-refractivity contribution in [3.8, 4) is 11.5 Å². The first kappa shape index (κ1) is 17.0. The maximum atomic E-state index is 12.1. The smallest absolute Gasteiger partial charge is 0.225 e. The third kappa shape index (κ3) is 4.58. The lowest BCUT2D eigenvalue weighted by molar-refractivity contribution is -0.115. The van der Waals surface area contributed by atoms with Crippen LogP contribution in [0.1, 0.15) is 12.8 Å². The molecule has 2 aromatic carbocycles. The van der Waals surface area contributed by atoms with E-state index in [-0.39, 0.29) is 5.91 Å². The number of halogens is 1. The Morgan fingerprint density at radius 3 is 2.75 bits per heavy atom. The average Bonchev–Trinajstić information content (AvgIpc) is 2.81. The molecule has 2 aromatic rings. The van der Waals surface area contributed by atoms with Crippen molar-refractivity contribution < 1.29 is 14.3 Å². The highest BCUT2D eigenvalue weighted by Crippen LogP contribution is 2.32. The first-order valence-electron chi connectivity index (χ1n) is 7.79. The van der Waals surface area contributed by atoms with Gasteiger partial charge in [0.1, 0.15) is 0 Å². The number of anilines is 1. The van der Waals surface area contributed by atoms with Gasteiger partial charge in [0.05, 0.1) is 18.2 Å². The fourth-order valence-electron chi connectivity index (χ4n) is 2.28. The van der Waals surface area contributed by atoms with E-state index in [1.807, 2.05) is 36.4 Å². The lowest BCUT2D eigenvalue weighted by atomic mass is 10.2. The maximum absolute atomic E-state index is 12.1. The second-order valence-corrected chi connectivity index (χ2v) is 6.83. The van der Waals surface area contributed by atoms with Crippen molar-refractivity contribution >= 4 is 35.0 Å². The summed E-state index contributed by atoms with van der Waals surface area (Å²) in [5.74, 6) is 2.03. The summed E-state index contributed by atoms with van der Waals surface area (Å²) >= 11 is 7.68. The highest BCUT2D eigenvalue weighted by atomic mass is 35.5. The zero-order valence-electron chi connectivity index (χ0n) is 13.1. The van der Waals surface area contributed by atoms with Crippen molar-refractivity contribution in [2.24, 2.45) is 0 Å². The predicted octanol–water partition coefficient (Wildman–Crippen LogP) is 4.62. The number of rotatable bonds is 5. The Morgan fingerprint density at radius 2 is 1.92 bits per heavy atom. The number of carbonyl (C=O) groups excluding carboxylic acids is 1. The molecule has 1 amide bonds. The minimum absolute atomic E-state index is 0.0379. The average molecular weight is 364 g/mol. The summed E-state index contributed by atoms with van der Waals surface area (Å²) in [6, 6.07) is 13.1. The van der Waals surface area contributed by atoms with Gasteiger partial charge < -0.3 is 14.8 Å². The molecule has 0 saturated carbocycles. The van der Waals surface area contributed by atoms with Gasteiger partial charge in [-0.05, 0) is 24.3 Å². The Kier molecular flexibility index (Phi) is 5.88. The number of amides is 1. The molecule has 1 N–H and O–H groups in total. The van der Waals surface area contributed by atoms with Gasteiger partial charge in [-0.1, -0.05) is 23.7 Å². The number of benzene rings is 2. The molecule has 0 spiro atoms. The van der Waals surface area contributed by atoms with Crippen molar-refractivity contribution in [2.45, 2.75) is 17.7 Å². The molecule has 0 unspecified atom stereocenters. The van der Waals surface area contributed by atoms with E-state index < -0.39 is 0 Å². The topological polar surface area (TPSA) is 47.6 Å². The molecule has 1 aliphatic rings. The minimum Gasteiger partial charge on any atom is -0.490 e. The van der Waals surface area contributed by atoms with Crippen LogP contribution in [0.4, 0.5) is 5.69 Å². The first-order valence-corrected chi connectivity index (χ1v) is 9.15. The minimum atomic E-state index is -0.0379. The monoisotopic (exact) mass is 363 g/mol. The van der Waals surface area contributed by atoms with Crippen LogP contribution in [0.25, 0.3) is 0 Å². The predicted molar refractivity (Wildman–Crippen MR) is 97.5 cm³/mol. The third-order valence-electron chi connectivity index (χ3n) is 3.45. The van der Waals surface area contributed by atoms with Crippen LogP contribution in [-0.2, 0) is 4.79 Å². The number of fused-ring (bicyclic) bond motifs is 1. The molecule has 0 bridgehead atoms. The lowest BCUT2D eigenvalue weighted by Crippen LogP contribution is -2.12. The van der Waals surface area contributed by atoms with Gasteiger partial charge in [0, 0.05) is 35.2 Å². The Labute approximate surface area is 150 Å². The molecule has 0 aliphatic carbocycles. The van der Waals surface area contributed by atoms with Crippen LogP contribution in [0.2, 0.25) is 5.02 Å². The molecule has 0 aromatic heterocycles. The van der Waals surface area contributed by atoms with Gasteiger partial charge in [0.25, 0.3) is 0 Å². The van der Waals surface area contributed by atoms with E-state index in [0.717, 1.165) is 17.1 Å². The summed E-state index contributed by atoms with van der Waals surface area (Å²) in [6.45, 7) is 1.27. The van der Waals surface area contributed by atoms with Crippen molar-refractivity contribution in [1.29, 1.82) is 0 Å². The molecule has 4 nitrogen and oxygen atoms in total. The van der Waals surface area contributed by atoms with E-state index in [4.69, 9.17) is 21.1 Å². The normalized spacial score (nSPS) is 13.2. The van der Waals surface area contributed by atoms with Crippen LogP contribution in [0, 0.1) is 0 Å². The number of hydrogen-bond acceptors (Lipinski definition) is 4. The van der Waals surface area contributed by atoms with E-state index in [0.29, 0.717) is 41.8 Å². The second kappa shape index (κ2) is 8.31. The zero-order chi connectivity index (χ0) is 16.8. The van der Waals surface area contributed by atoms with Crippen LogP contribution in [0.5, 0.6) is 11.5 Å². The Bertz CT molecular complexity index is 723. The second-order valence-electron chi connectivity index (χ2n) is 5.29. The molecule has 0 fully saturated rings. The van der Waals surface area contributed by atoms with Gasteiger partial charge >= 0.3 is 0 Å². The molecule has 0 radical (unpaired) electrons. The Morgan fingerprint density at radius 1 is 1.12 bits per heavy atom. The molecule has 126 valence electrons. The summed E-state index contributed by atoms with van der Waals surface area (Å²) in [4.78, 5) is 13.1. The van der Waals surface area contributed by atoms with Crippen LogP contribution in [0.15, 0.2) is 47.4 Å². The van der Waals surface area contributed by atoms with E-state index in [1.54, 1.807) is 17.8 Å². The van der Waals surface area contributed by atoms with Gasteiger partial charge in [0.2, 0.25) is 5.91 Å². The standard InChI is InChI=1S/C18H18ClNO3S/c19-14-4-1-2-5-17(14)24-11-8-18(21)20-13-6-7-15-16(12-13)23-10-3-9-22-15/h1-2,4-7,12H,3,8-11H2,(H,20,21). The Balaban J connectivity index is 1.52. The molecule has 24 heavy (non-hydrogen) atoms. The van der Waals surface area contributed by atoms with Gasteiger partial charge in [0.15, 0.2) is 11.5 Å². The summed E-state index contributed by atoms with van der Waals surface area (Å²) < 4.78 is 11.2. The van der Waals surface area contributed by atoms with Crippen molar-refractivity contribution in [1.82, 2.24) is 0 Å². The number of nitrogens with one attached hydrogen (secondary N) is 1. The fraction of sp³-hybridized carbons (Fsp3) is 0.278. The maximum Gasteiger partial charge on any atom is 0.225 e. The van der Waals surface area contributed by atoms with Crippen LogP contribution < -0.4 is 14.8 Å². The molecular weight excluding hydrogens is 346 g/mol. The largest absolute Gasteiger partial charge is 0.490 e. The summed E-state index contributed by atoms with van der Waals surface area (Å²) in [7, 11) is 0. The Hall–Kier alpha value is -1.85. The van der Waals surface area contributed by atoms with E-state index in [2.05, 4.69) is 5.32 Å². The number of ether oxygens (including phenoxy) is 2. The number of carbonyl (C=O) groups is 1. The molecule has 0 atom stereocenters. The van der Waals surface area contributed by atoms with Crippen LogP contribution in [-0.4, -0.2) is 24.9 Å². The highest BCUT2D eigenvalue weighted by molar-refractivity contribution is 7.99. The van der Waals surface area contributed by atoms with E-state index >= 15 is 0 Å². The lowest BCUT2D eigenvalue weighted by Gasteiger charge is -2.10. The van der Waals surface area contributed by atoms with E-state index in [1.165, 1.54) is 0 Å². The third-order valence-corrected chi connectivity index (χ3v) is 4.97. The van der Waals surface area contributed by atoms with E-state index in [9.17, 15) is 4.79 Å². The molecule has 0 saturated heterocycles. The SMILES string of the molecule is O=C(CCSc1ccccc1Cl)Nc1ccc2c(c1)OCCCO2. The molecule has 3 rings (SSSR count). The van der Waals surface area contributed by atoms with Gasteiger partial charge in [-0.15, -0.1) is 11.8 Å². The number of thioether (sulfide) groups is 1. The van der Waals surface area contributed by atoms with Crippen molar-refractivity contribution in [2.75, 3.05) is 24.3 Å². The highest BCUT2D eigenvalue weighted by Gasteiger charge is 2.12. The van der Waals surface area contributed by atoms with Gasteiger partial charge in [-0.2, -0.15) is 0 Å². The summed E-state index contributed by atoms with van der Waals surface area (Å²) in [6.07, 6.45) is 1.26. The first-order chi connectivity index (χ1) is 11.7.